The van der Waals surface area contributed by atoms with Gasteiger partial charge in [0, 0.05) is 25.2 Å². The molecule has 5 heteroatoms. The van der Waals surface area contributed by atoms with Crippen LogP contribution in [0.25, 0.3) is 0 Å². The molecule has 110 valence electrons. The highest BCUT2D eigenvalue weighted by Crippen LogP contribution is 2.20. The summed E-state index contributed by atoms with van der Waals surface area (Å²) in [7, 11) is 0. The third-order valence-electron chi connectivity index (χ3n) is 4.31. The third kappa shape index (κ3) is 4.44. The molecule has 19 heavy (non-hydrogen) atoms. The maximum absolute atomic E-state index is 11.4. The minimum absolute atomic E-state index is 0.0927. The first-order chi connectivity index (χ1) is 9.19. The van der Waals surface area contributed by atoms with Gasteiger partial charge in [0.15, 0.2) is 0 Å². The number of nitrogens with two attached hydrogens (primary N) is 1. The maximum atomic E-state index is 11.4. The fourth-order valence-electron chi connectivity index (χ4n) is 3.12. The summed E-state index contributed by atoms with van der Waals surface area (Å²) in [6.45, 7) is 7.07. The highest BCUT2D eigenvalue weighted by molar-refractivity contribution is 5.71. The summed E-state index contributed by atoms with van der Waals surface area (Å²) in [6.07, 6.45) is 4.58. The molecule has 2 aliphatic rings. The molecular formula is C14H27N3O2. The van der Waals surface area contributed by atoms with Crippen LogP contribution in [-0.4, -0.2) is 67.2 Å². The summed E-state index contributed by atoms with van der Waals surface area (Å²) in [5, 5.41) is 0. The molecule has 2 rings (SSSR count). The van der Waals surface area contributed by atoms with Gasteiger partial charge in [0.05, 0.1) is 13.2 Å². The highest BCUT2D eigenvalue weighted by atomic mass is 16.5. The Kier molecular flexibility index (Phi) is 5.60. The largest absolute Gasteiger partial charge is 0.465 e. The molecule has 0 aliphatic carbocycles. The van der Waals surface area contributed by atoms with Crippen LogP contribution in [0.15, 0.2) is 0 Å². The summed E-state index contributed by atoms with van der Waals surface area (Å²) in [6, 6.07) is 1.09. The van der Waals surface area contributed by atoms with Gasteiger partial charge in [-0.1, -0.05) is 0 Å². The molecule has 0 bridgehead atoms. The quantitative estimate of drug-likeness (QED) is 0.750. The fourth-order valence-corrected chi connectivity index (χ4v) is 3.12. The van der Waals surface area contributed by atoms with Gasteiger partial charge in [-0.05, 0) is 45.7 Å². The Morgan fingerprint density at radius 3 is 2.37 bits per heavy atom. The normalized spacial score (nSPS) is 24.5. The van der Waals surface area contributed by atoms with E-state index in [0.717, 1.165) is 51.9 Å². The zero-order valence-corrected chi connectivity index (χ0v) is 12.0. The van der Waals surface area contributed by atoms with E-state index >= 15 is 0 Å². The molecule has 0 spiro atoms. The molecule has 2 N–H and O–H groups in total. The Hall–Kier alpha value is -0.650. The number of rotatable bonds is 4. The fraction of sp³-hybridized carbons (Fsp3) is 0.929. The van der Waals surface area contributed by atoms with Crippen molar-refractivity contribution in [3.63, 3.8) is 0 Å². The monoisotopic (exact) mass is 269 g/mol. The van der Waals surface area contributed by atoms with Crippen LogP contribution in [0.4, 0.5) is 0 Å². The Bertz CT molecular complexity index is 282. The van der Waals surface area contributed by atoms with Crippen LogP contribution in [0.5, 0.6) is 0 Å². The minimum atomic E-state index is -0.0927. The van der Waals surface area contributed by atoms with Crippen LogP contribution in [0.1, 0.15) is 32.6 Å². The minimum Gasteiger partial charge on any atom is -0.465 e. The predicted octanol–water partition coefficient (Wildman–Crippen LogP) is 0.437. The van der Waals surface area contributed by atoms with Gasteiger partial charge in [0.1, 0.15) is 0 Å². The van der Waals surface area contributed by atoms with Crippen LogP contribution in [0, 0.1) is 0 Å². The Morgan fingerprint density at radius 1 is 1.16 bits per heavy atom. The number of hydrogen-bond donors (Lipinski definition) is 1. The molecule has 2 saturated heterocycles. The van der Waals surface area contributed by atoms with Gasteiger partial charge in [-0.2, -0.15) is 0 Å². The number of likely N-dealkylation sites (tertiary alicyclic amines) is 2. The lowest BCUT2D eigenvalue weighted by Gasteiger charge is -2.41. The molecule has 0 atom stereocenters. The molecule has 2 fully saturated rings. The zero-order chi connectivity index (χ0) is 13.7. The molecule has 2 aliphatic heterocycles. The molecule has 0 amide bonds. The summed E-state index contributed by atoms with van der Waals surface area (Å²) < 4.78 is 4.99. The van der Waals surface area contributed by atoms with Crippen LogP contribution >= 0.6 is 0 Å². The Morgan fingerprint density at radius 2 is 1.79 bits per heavy atom. The Labute approximate surface area is 116 Å². The Balaban J connectivity index is 1.69. The van der Waals surface area contributed by atoms with E-state index in [0.29, 0.717) is 25.2 Å². The van der Waals surface area contributed by atoms with E-state index in [1.165, 1.54) is 0 Å². The average molecular weight is 269 g/mol. The number of carbonyl (C=O) groups excluding carboxylic acids is 1. The van der Waals surface area contributed by atoms with Crippen molar-refractivity contribution in [2.75, 3.05) is 39.3 Å². The first-order valence-corrected chi connectivity index (χ1v) is 7.56. The van der Waals surface area contributed by atoms with Crippen molar-refractivity contribution >= 4 is 5.97 Å². The summed E-state index contributed by atoms with van der Waals surface area (Å²) in [5.74, 6) is -0.0927. The smallest absolute Gasteiger partial charge is 0.320 e. The lowest BCUT2D eigenvalue weighted by Crippen LogP contribution is -2.50. The highest BCUT2D eigenvalue weighted by Gasteiger charge is 2.27. The first-order valence-electron chi connectivity index (χ1n) is 7.56. The first kappa shape index (κ1) is 14.8. The summed E-state index contributed by atoms with van der Waals surface area (Å²) in [4.78, 5) is 16.2. The van der Waals surface area contributed by atoms with Crippen LogP contribution in [0.2, 0.25) is 0 Å². The van der Waals surface area contributed by atoms with Gasteiger partial charge in [0.25, 0.3) is 0 Å². The number of esters is 1. The topological polar surface area (TPSA) is 58.8 Å². The molecule has 0 aromatic carbocycles. The van der Waals surface area contributed by atoms with Gasteiger partial charge >= 0.3 is 5.97 Å². The van der Waals surface area contributed by atoms with Gasteiger partial charge < -0.3 is 15.4 Å². The molecule has 0 saturated carbocycles. The van der Waals surface area contributed by atoms with Crippen molar-refractivity contribution in [2.24, 2.45) is 5.73 Å². The molecule has 0 aromatic rings. The number of hydrogen-bond acceptors (Lipinski definition) is 5. The zero-order valence-electron chi connectivity index (χ0n) is 12.0. The summed E-state index contributed by atoms with van der Waals surface area (Å²) in [5.41, 5.74) is 5.95. The lowest BCUT2D eigenvalue weighted by atomic mass is 9.98. The second-order valence-electron chi connectivity index (χ2n) is 5.69. The number of nitrogens with zero attached hydrogens (tertiary/aromatic N) is 2. The molecule has 5 nitrogen and oxygen atoms in total. The second kappa shape index (κ2) is 7.22. The van der Waals surface area contributed by atoms with Crippen molar-refractivity contribution < 1.29 is 9.53 Å². The number of carbonyl (C=O) groups is 1. The SMILES string of the molecule is CCOC(=O)CN1CCC(N2CCC(N)CC2)CC1. The van der Waals surface area contributed by atoms with Gasteiger partial charge in [-0.15, -0.1) is 0 Å². The lowest BCUT2D eigenvalue weighted by molar-refractivity contribution is -0.144. The van der Waals surface area contributed by atoms with Gasteiger partial charge in [-0.3, -0.25) is 9.69 Å². The van der Waals surface area contributed by atoms with Crippen molar-refractivity contribution in [3.05, 3.63) is 0 Å². The van der Waals surface area contributed by atoms with E-state index in [-0.39, 0.29) is 5.97 Å². The second-order valence-corrected chi connectivity index (χ2v) is 5.69. The van der Waals surface area contributed by atoms with E-state index in [4.69, 9.17) is 10.5 Å². The summed E-state index contributed by atoms with van der Waals surface area (Å²) >= 11 is 0. The maximum Gasteiger partial charge on any atom is 0.320 e. The van der Waals surface area contributed by atoms with Crippen molar-refractivity contribution in [1.82, 2.24) is 9.80 Å². The third-order valence-corrected chi connectivity index (χ3v) is 4.31. The number of ether oxygens (including phenoxy) is 1. The van der Waals surface area contributed by atoms with E-state index in [9.17, 15) is 4.79 Å². The molecular weight excluding hydrogens is 242 g/mol. The van der Waals surface area contributed by atoms with Crippen molar-refractivity contribution in [2.45, 2.75) is 44.7 Å². The van der Waals surface area contributed by atoms with Crippen molar-refractivity contribution in [1.29, 1.82) is 0 Å². The van der Waals surface area contributed by atoms with Gasteiger partial charge in [-0.25, -0.2) is 0 Å². The average Bonchev–Trinajstić information content (AvgIpc) is 2.41. The van der Waals surface area contributed by atoms with Crippen LogP contribution < -0.4 is 5.73 Å². The molecule has 0 unspecified atom stereocenters. The van der Waals surface area contributed by atoms with E-state index in [2.05, 4.69) is 9.80 Å². The number of piperidine rings is 2. The standard InChI is InChI=1S/C14H27N3O2/c1-2-19-14(18)11-16-7-5-13(6-8-16)17-9-3-12(15)4-10-17/h12-13H,2-11,15H2,1H3. The van der Waals surface area contributed by atoms with E-state index in [1.54, 1.807) is 0 Å². The molecule has 2 heterocycles. The van der Waals surface area contributed by atoms with Crippen molar-refractivity contribution in [3.8, 4) is 0 Å². The predicted molar refractivity (Wildman–Crippen MR) is 74.9 cm³/mol. The van der Waals surface area contributed by atoms with Gasteiger partial charge in [0.2, 0.25) is 0 Å². The van der Waals surface area contributed by atoms with E-state index in [1.807, 2.05) is 6.92 Å². The van der Waals surface area contributed by atoms with E-state index < -0.39 is 0 Å². The molecule has 0 radical (unpaired) electrons. The van der Waals surface area contributed by atoms with Crippen LogP contribution in [0.3, 0.4) is 0 Å². The van der Waals surface area contributed by atoms with Crippen LogP contribution in [-0.2, 0) is 9.53 Å². The molecule has 0 aromatic heterocycles.